The average molecular weight is 446 g/mol. The minimum absolute atomic E-state index is 0.342. The lowest BCUT2D eigenvalue weighted by atomic mass is 10.0. The highest BCUT2D eigenvalue weighted by molar-refractivity contribution is 5.66. The highest BCUT2D eigenvalue weighted by atomic mass is 16.4. The summed E-state index contributed by atoms with van der Waals surface area (Å²) in [6.45, 7) is 7.79. The molecular formula is C26H55NO4. The summed E-state index contributed by atoms with van der Waals surface area (Å²) in [5, 5.41) is 19.2. The molecule has 31 heavy (non-hydrogen) atoms. The summed E-state index contributed by atoms with van der Waals surface area (Å²) in [7, 11) is 1.00. The van der Waals surface area contributed by atoms with Gasteiger partial charge in [-0.05, 0) is 32.7 Å². The number of hydrogen-bond donors (Lipinski definition) is 3. The predicted molar refractivity (Wildman–Crippen MR) is 134 cm³/mol. The van der Waals surface area contributed by atoms with Crippen molar-refractivity contribution in [2.24, 2.45) is 0 Å². The van der Waals surface area contributed by atoms with E-state index in [1.54, 1.807) is 0 Å². The number of rotatable bonds is 22. The van der Waals surface area contributed by atoms with Crippen LogP contribution in [0, 0.1) is 0 Å². The molecule has 0 spiro atoms. The van der Waals surface area contributed by atoms with Crippen LogP contribution in [-0.4, -0.2) is 42.7 Å². The quantitative estimate of drug-likeness (QED) is 0.158. The SMILES string of the molecule is C=O.CCCCCNC(C)CCCCCCCCCCCCCCCCC(=O)O.CO. The van der Waals surface area contributed by atoms with Crippen molar-refractivity contribution in [1.29, 1.82) is 0 Å². The third-order valence-electron chi connectivity index (χ3n) is 5.55. The predicted octanol–water partition coefficient (Wildman–Crippen LogP) is 6.90. The van der Waals surface area contributed by atoms with E-state index in [9.17, 15) is 4.79 Å². The Labute approximate surface area is 193 Å². The van der Waals surface area contributed by atoms with E-state index in [1.165, 1.54) is 109 Å². The van der Waals surface area contributed by atoms with E-state index in [2.05, 4.69) is 19.2 Å². The Balaban J connectivity index is -0.00000184. The zero-order valence-electron chi connectivity index (χ0n) is 21.1. The molecule has 3 N–H and O–H groups in total. The molecule has 5 nitrogen and oxygen atoms in total. The zero-order chi connectivity index (χ0) is 24.0. The molecule has 0 aliphatic carbocycles. The monoisotopic (exact) mass is 445 g/mol. The first kappa shape index (κ1) is 34.7. The molecule has 188 valence electrons. The topological polar surface area (TPSA) is 86.6 Å². The maximum atomic E-state index is 10.4. The number of carboxylic acids is 1. The van der Waals surface area contributed by atoms with Gasteiger partial charge < -0.3 is 20.3 Å². The largest absolute Gasteiger partial charge is 0.481 e. The molecule has 0 aromatic rings. The van der Waals surface area contributed by atoms with Gasteiger partial charge in [-0.25, -0.2) is 0 Å². The van der Waals surface area contributed by atoms with Gasteiger partial charge in [0, 0.05) is 19.6 Å². The minimum Gasteiger partial charge on any atom is -0.481 e. The molecular weight excluding hydrogens is 390 g/mol. The van der Waals surface area contributed by atoms with Crippen LogP contribution in [0.15, 0.2) is 0 Å². The molecule has 0 saturated heterocycles. The van der Waals surface area contributed by atoms with E-state index >= 15 is 0 Å². The maximum absolute atomic E-state index is 10.4. The Morgan fingerprint density at radius 2 is 1.10 bits per heavy atom. The van der Waals surface area contributed by atoms with Gasteiger partial charge in [-0.2, -0.15) is 0 Å². The number of unbranched alkanes of at least 4 members (excludes halogenated alkanes) is 15. The lowest BCUT2D eigenvalue weighted by Crippen LogP contribution is -2.26. The Bertz CT molecular complexity index is 327. The Morgan fingerprint density at radius 3 is 1.48 bits per heavy atom. The molecule has 0 radical (unpaired) electrons. The van der Waals surface area contributed by atoms with Gasteiger partial charge in [-0.3, -0.25) is 4.79 Å². The van der Waals surface area contributed by atoms with Crippen LogP contribution in [0.25, 0.3) is 0 Å². The van der Waals surface area contributed by atoms with Crippen LogP contribution in [0.2, 0.25) is 0 Å². The number of carbonyl (C=O) groups is 2. The summed E-state index contributed by atoms with van der Waals surface area (Å²) < 4.78 is 0. The maximum Gasteiger partial charge on any atom is 0.303 e. The number of carboxylic acid groups (broad SMARTS) is 1. The molecule has 1 atom stereocenters. The molecule has 0 aromatic heterocycles. The number of carbonyl (C=O) groups excluding carboxylic acids is 1. The van der Waals surface area contributed by atoms with Crippen molar-refractivity contribution in [2.45, 2.75) is 142 Å². The fraction of sp³-hybridized carbons (Fsp3) is 0.923. The Morgan fingerprint density at radius 1 is 0.710 bits per heavy atom. The van der Waals surface area contributed by atoms with Gasteiger partial charge in [0.05, 0.1) is 0 Å². The number of hydrogen-bond acceptors (Lipinski definition) is 4. The van der Waals surface area contributed by atoms with E-state index in [-0.39, 0.29) is 0 Å². The highest BCUT2D eigenvalue weighted by Gasteiger charge is 2.00. The van der Waals surface area contributed by atoms with Gasteiger partial charge in [0.2, 0.25) is 0 Å². The van der Waals surface area contributed by atoms with Gasteiger partial charge >= 0.3 is 5.97 Å². The summed E-state index contributed by atoms with van der Waals surface area (Å²) in [6.07, 6.45) is 24.0. The van der Waals surface area contributed by atoms with E-state index in [1.807, 2.05) is 6.79 Å². The van der Waals surface area contributed by atoms with E-state index in [0.717, 1.165) is 20.0 Å². The molecule has 1 unspecified atom stereocenters. The van der Waals surface area contributed by atoms with E-state index in [4.69, 9.17) is 15.0 Å². The molecule has 0 bridgehead atoms. The van der Waals surface area contributed by atoms with Crippen molar-refractivity contribution >= 4 is 12.8 Å². The van der Waals surface area contributed by atoms with Crippen LogP contribution >= 0.6 is 0 Å². The highest BCUT2D eigenvalue weighted by Crippen LogP contribution is 2.14. The molecule has 5 heteroatoms. The van der Waals surface area contributed by atoms with Crippen molar-refractivity contribution in [2.75, 3.05) is 13.7 Å². The summed E-state index contributed by atoms with van der Waals surface area (Å²) in [6, 6.07) is 0.694. The van der Waals surface area contributed by atoms with Gasteiger partial charge in [0.15, 0.2) is 0 Å². The lowest BCUT2D eigenvalue weighted by molar-refractivity contribution is -0.137. The van der Waals surface area contributed by atoms with Crippen LogP contribution < -0.4 is 5.32 Å². The second kappa shape index (κ2) is 33.7. The van der Waals surface area contributed by atoms with Crippen molar-refractivity contribution in [3.8, 4) is 0 Å². The smallest absolute Gasteiger partial charge is 0.303 e. The fourth-order valence-corrected chi connectivity index (χ4v) is 3.67. The molecule has 0 aliphatic heterocycles. The minimum atomic E-state index is -0.653. The van der Waals surface area contributed by atoms with Crippen molar-refractivity contribution in [1.82, 2.24) is 5.32 Å². The van der Waals surface area contributed by atoms with E-state index in [0.29, 0.717) is 12.5 Å². The zero-order valence-corrected chi connectivity index (χ0v) is 21.1. The summed E-state index contributed by atoms with van der Waals surface area (Å²) in [4.78, 5) is 18.4. The average Bonchev–Trinajstić information content (AvgIpc) is 2.79. The number of aliphatic carboxylic acids is 1. The molecule has 0 aromatic carbocycles. The van der Waals surface area contributed by atoms with Crippen molar-refractivity contribution in [3.63, 3.8) is 0 Å². The van der Waals surface area contributed by atoms with Gasteiger partial charge in [-0.15, -0.1) is 0 Å². The Kier molecular flexibility index (Phi) is 37.7. The van der Waals surface area contributed by atoms with Crippen molar-refractivity contribution < 1.29 is 19.8 Å². The molecule has 0 saturated carbocycles. The van der Waals surface area contributed by atoms with Gasteiger partial charge in [-0.1, -0.05) is 103 Å². The fourth-order valence-electron chi connectivity index (χ4n) is 3.67. The second-order valence-corrected chi connectivity index (χ2v) is 8.44. The second-order valence-electron chi connectivity index (χ2n) is 8.44. The van der Waals surface area contributed by atoms with Crippen LogP contribution in [0.4, 0.5) is 0 Å². The first-order chi connectivity index (χ1) is 15.2. The van der Waals surface area contributed by atoms with E-state index < -0.39 is 5.97 Å². The lowest BCUT2D eigenvalue weighted by Gasteiger charge is -2.13. The standard InChI is InChI=1S/C24H49NO2.CH4O.CH2O/c1-3-4-19-22-25-23(2)20-17-15-13-11-9-7-5-6-8-10-12-14-16-18-21-24(26)27;2*1-2/h23,25H,3-22H2,1-2H3,(H,26,27);2H,1H3;1H2. The van der Waals surface area contributed by atoms with Crippen LogP contribution in [0.1, 0.15) is 136 Å². The van der Waals surface area contributed by atoms with Gasteiger partial charge in [0.1, 0.15) is 6.79 Å². The van der Waals surface area contributed by atoms with Crippen LogP contribution in [-0.2, 0) is 9.59 Å². The first-order valence-corrected chi connectivity index (χ1v) is 12.9. The first-order valence-electron chi connectivity index (χ1n) is 12.9. The molecule has 0 amide bonds. The van der Waals surface area contributed by atoms with Crippen LogP contribution in [0.5, 0.6) is 0 Å². The summed E-state index contributed by atoms with van der Waals surface area (Å²) in [5.41, 5.74) is 0. The normalized spacial score (nSPS) is 11.1. The molecule has 0 aliphatic rings. The third kappa shape index (κ3) is 36.8. The third-order valence-corrected chi connectivity index (χ3v) is 5.55. The summed E-state index contributed by atoms with van der Waals surface area (Å²) in [5.74, 6) is -0.653. The van der Waals surface area contributed by atoms with Crippen LogP contribution in [0.3, 0.4) is 0 Å². The Hall–Kier alpha value is -0.940. The molecule has 0 heterocycles. The number of aliphatic hydroxyl groups excluding tert-OH is 1. The molecule has 0 fully saturated rings. The van der Waals surface area contributed by atoms with Crippen molar-refractivity contribution in [3.05, 3.63) is 0 Å². The number of aliphatic hydroxyl groups is 1. The summed E-state index contributed by atoms with van der Waals surface area (Å²) >= 11 is 0. The molecule has 0 rings (SSSR count). The van der Waals surface area contributed by atoms with Gasteiger partial charge in [0.25, 0.3) is 0 Å². The number of nitrogens with one attached hydrogen (secondary N) is 1.